The lowest BCUT2D eigenvalue weighted by atomic mass is 9.99. The van der Waals surface area contributed by atoms with Crippen LogP contribution in [0.15, 0.2) is 24.3 Å². The smallest absolute Gasteiger partial charge is 0.0628 e. The summed E-state index contributed by atoms with van der Waals surface area (Å²) in [6.07, 6.45) is 2.73. The number of aromatic nitrogens is 2. The molecule has 2 N–H and O–H groups in total. The molecule has 3 nitrogen and oxygen atoms in total. The summed E-state index contributed by atoms with van der Waals surface area (Å²) >= 11 is 6.17. The molecule has 108 valence electrons. The molecule has 0 fully saturated rings. The van der Waals surface area contributed by atoms with E-state index in [1.807, 2.05) is 36.0 Å². The number of hydrogen-bond acceptors (Lipinski definition) is 2. The average molecular weight is 292 g/mol. The van der Waals surface area contributed by atoms with E-state index < -0.39 is 0 Å². The summed E-state index contributed by atoms with van der Waals surface area (Å²) in [6.45, 7) is 4.16. The van der Waals surface area contributed by atoms with Crippen molar-refractivity contribution in [3.63, 3.8) is 0 Å². The number of nitrogens with two attached hydrogens (primary N) is 1. The molecular formula is C16H22ClN3. The molecule has 0 aliphatic heterocycles. The maximum atomic E-state index is 6.24. The first-order valence-electron chi connectivity index (χ1n) is 6.97. The first-order chi connectivity index (χ1) is 9.49. The lowest BCUT2D eigenvalue weighted by molar-refractivity contribution is 0.608. The highest BCUT2D eigenvalue weighted by Crippen LogP contribution is 2.19. The second kappa shape index (κ2) is 6.42. The average Bonchev–Trinajstić information content (AvgIpc) is 2.64. The predicted octanol–water partition coefficient (Wildman–Crippen LogP) is 3.19. The van der Waals surface area contributed by atoms with E-state index in [9.17, 15) is 0 Å². The maximum Gasteiger partial charge on any atom is 0.0628 e. The van der Waals surface area contributed by atoms with E-state index in [0.29, 0.717) is 0 Å². The van der Waals surface area contributed by atoms with Crippen molar-refractivity contribution in [3.8, 4) is 0 Å². The normalized spacial score (nSPS) is 12.7. The van der Waals surface area contributed by atoms with E-state index in [4.69, 9.17) is 17.3 Å². The zero-order valence-corrected chi connectivity index (χ0v) is 13.1. The number of benzene rings is 1. The molecule has 0 spiro atoms. The first kappa shape index (κ1) is 15.1. The minimum atomic E-state index is 0.119. The van der Waals surface area contributed by atoms with Crippen LogP contribution in [-0.2, 0) is 19.9 Å². The molecule has 2 rings (SSSR count). The Bertz CT molecular complexity index is 589. The Morgan fingerprint density at radius 1 is 1.30 bits per heavy atom. The molecule has 0 aliphatic rings. The van der Waals surface area contributed by atoms with Crippen molar-refractivity contribution in [1.82, 2.24) is 9.78 Å². The Morgan fingerprint density at radius 3 is 2.60 bits per heavy atom. The van der Waals surface area contributed by atoms with Crippen LogP contribution in [0.3, 0.4) is 0 Å². The van der Waals surface area contributed by atoms with Crippen molar-refractivity contribution in [2.24, 2.45) is 12.8 Å². The van der Waals surface area contributed by atoms with E-state index in [1.54, 1.807) is 0 Å². The van der Waals surface area contributed by atoms with Gasteiger partial charge in [0.1, 0.15) is 0 Å². The van der Waals surface area contributed by atoms with Gasteiger partial charge < -0.3 is 5.73 Å². The molecule has 0 bridgehead atoms. The Balaban J connectivity index is 1.96. The predicted molar refractivity (Wildman–Crippen MR) is 84.1 cm³/mol. The highest BCUT2D eigenvalue weighted by Gasteiger charge is 2.12. The molecule has 0 aliphatic carbocycles. The molecule has 1 aromatic heterocycles. The molecule has 1 aromatic carbocycles. The van der Waals surface area contributed by atoms with Crippen molar-refractivity contribution in [1.29, 1.82) is 0 Å². The van der Waals surface area contributed by atoms with Crippen LogP contribution in [0.1, 0.15) is 28.9 Å². The lowest BCUT2D eigenvalue weighted by Crippen LogP contribution is -2.23. The second-order valence-corrected chi connectivity index (χ2v) is 5.77. The summed E-state index contributed by atoms with van der Waals surface area (Å²) in [5.74, 6) is 0. The summed E-state index contributed by atoms with van der Waals surface area (Å²) in [6, 6.07) is 8.03. The molecule has 0 saturated heterocycles. The molecule has 0 saturated carbocycles. The molecule has 4 heteroatoms. The molecule has 0 radical (unpaired) electrons. The van der Waals surface area contributed by atoms with Gasteiger partial charge in [-0.25, -0.2) is 0 Å². The summed E-state index contributed by atoms with van der Waals surface area (Å²) < 4.78 is 1.93. The number of hydrogen-bond donors (Lipinski definition) is 1. The van der Waals surface area contributed by atoms with Gasteiger partial charge >= 0.3 is 0 Å². The fraction of sp³-hybridized carbons (Fsp3) is 0.438. The van der Waals surface area contributed by atoms with Crippen molar-refractivity contribution in [2.45, 2.75) is 39.2 Å². The van der Waals surface area contributed by atoms with Gasteiger partial charge in [0.05, 0.1) is 5.69 Å². The van der Waals surface area contributed by atoms with Crippen LogP contribution in [0, 0.1) is 13.8 Å². The number of rotatable bonds is 5. The number of aryl methyl sites for hydroxylation is 2. The van der Waals surface area contributed by atoms with Gasteiger partial charge in [0.25, 0.3) is 0 Å². The van der Waals surface area contributed by atoms with Crippen LogP contribution < -0.4 is 5.73 Å². The third kappa shape index (κ3) is 3.41. The Morgan fingerprint density at radius 2 is 2.00 bits per heavy atom. The van der Waals surface area contributed by atoms with Gasteiger partial charge in [-0.3, -0.25) is 4.68 Å². The van der Waals surface area contributed by atoms with Gasteiger partial charge in [-0.2, -0.15) is 5.10 Å². The van der Waals surface area contributed by atoms with Gasteiger partial charge in [0, 0.05) is 23.8 Å². The summed E-state index contributed by atoms with van der Waals surface area (Å²) in [7, 11) is 1.98. The minimum Gasteiger partial charge on any atom is -0.327 e. The summed E-state index contributed by atoms with van der Waals surface area (Å²) in [5.41, 5.74) is 11.0. The van der Waals surface area contributed by atoms with Gasteiger partial charge in [-0.1, -0.05) is 29.8 Å². The fourth-order valence-corrected chi connectivity index (χ4v) is 2.77. The van der Waals surface area contributed by atoms with Crippen molar-refractivity contribution < 1.29 is 0 Å². The zero-order chi connectivity index (χ0) is 14.7. The van der Waals surface area contributed by atoms with Crippen LogP contribution in [0.2, 0.25) is 5.02 Å². The van der Waals surface area contributed by atoms with Crippen LogP contribution >= 0.6 is 11.6 Å². The highest BCUT2D eigenvalue weighted by molar-refractivity contribution is 6.31. The molecular weight excluding hydrogens is 270 g/mol. The van der Waals surface area contributed by atoms with Crippen LogP contribution in [-0.4, -0.2) is 15.8 Å². The van der Waals surface area contributed by atoms with Crippen LogP contribution in [0.4, 0.5) is 0 Å². The van der Waals surface area contributed by atoms with Crippen LogP contribution in [0.5, 0.6) is 0 Å². The van der Waals surface area contributed by atoms with Crippen molar-refractivity contribution in [3.05, 3.63) is 51.8 Å². The third-order valence-electron chi connectivity index (χ3n) is 3.86. The lowest BCUT2D eigenvalue weighted by Gasteiger charge is -2.13. The monoisotopic (exact) mass is 291 g/mol. The van der Waals surface area contributed by atoms with E-state index in [0.717, 1.165) is 35.5 Å². The Kier molecular flexibility index (Phi) is 4.84. The second-order valence-electron chi connectivity index (χ2n) is 5.37. The van der Waals surface area contributed by atoms with E-state index in [-0.39, 0.29) is 6.04 Å². The quantitative estimate of drug-likeness (QED) is 0.919. The first-order valence-corrected chi connectivity index (χ1v) is 7.35. The Hall–Kier alpha value is -1.32. The molecule has 0 amide bonds. The largest absolute Gasteiger partial charge is 0.327 e. The summed E-state index contributed by atoms with van der Waals surface area (Å²) in [5, 5.41) is 5.24. The van der Waals surface area contributed by atoms with Gasteiger partial charge in [-0.05, 0) is 50.3 Å². The fourth-order valence-electron chi connectivity index (χ4n) is 2.56. The Labute approximate surface area is 125 Å². The minimum absolute atomic E-state index is 0.119. The standard InChI is InChI=1S/C16H22ClN3/c1-11-15(12(2)20(3)19-11)9-8-14(18)10-13-6-4-5-7-16(13)17/h4-7,14H,8-10,18H2,1-3H3. The maximum absolute atomic E-state index is 6.24. The third-order valence-corrected chi connectivity index (χ3v) is 4.23. The van der Waals surface area contributed by atoms with Gasteiger partial charge in [-0.15, -0.1) is 0 Å². The molecule has 1 heterocycles. The SMILES string of the molecule is Cc1nn(C)c(C)c1CCC(N)Cc1ccccc1Cl. The van der Waals surface area contributed by atoms with Crippen molar-refractivity contribution >= 4 is 11.6 Å². The highest BCUT2D eigenvalue weighted by atomic mass is 35.5. The number of halogens is 1. The van der Waals surface area contributed by atoms with E-state index >= 15 is 0 Å². The molecule has 20 heavy (non-hydrogen) atoms. The molecule has 1 unspecified atom stereocenters. The van der Waals surface area contributed by atoms with E-state index in [2.05, 4.69) is 18.9 Å². The van der Waals surface area contributed by atoms with Crippen molar-refractivity contribution in [2.75, 3.05) is 0 Å². The van der Waals surface area contributed by atoms with Crippen LogP contribution in [0.25, 0.3) is 0 Å². The molecule has 1 atom stereocenters. The summed E-state index contributed by atoms with van der Waals surface area (Å²) in [4.78, 5) is 0. The topological polar surface area (TPSA) is 43.8 Å². The molecule has 2 aromatic rings. The van der Waals surface area contributed by atoms with E-state index in [1.165, 1.54) is 11.3 Å². The number of nitrogens with zero attached hydrogens (tertiary/aromatic N) is 2. The van der Waals surface area contributed by atoms with Gasteiger partial charge in [0.2, 0.25) is 0 Å². The zero-order valence-electron chi connectivity index (χ0n) is 12.4. The van der Waals surface area contributed by atoms with Gasteiger partial charge in [0.15, 0.2) is 0 Å².